The van der Waals surface area contributed by atoms with Gasteiger partial charge in [0.25, 0.3) is 5.91 Å². The summed E-state index contributed by atoms with van der Waals surface area (Å²) in [6, 6.07) is 7.51. The third-order valence-corrected chi connectivity index (χ3v) is 5.53. The van der Waals surface area contributed by atoms with E-state index in [0.717, 1.165) is 11.3 Å². The highest BCUT2D eigenvalue weighted by molar-refractivity contribution is 6.31. The Morgan fingerprint density at radius 2 is 2.03 bits per heavy atom. The Bertz CT molecular complexity index is 1150. The maximum absolute atomic E-state index is 13.5. The van der Waals surface area contributed by atoms with Crippen LogP contribution in [0.2, 0.25) is 5.02 Å². The number of urea groups is 1. The molecule has 2 aromatic rings. The van der Waals surface area contributed by atoms with Crippen LogP contribution in [0.3, 0.4) is 0 Å². The molecule has 1 aromatic carbocycles. The van der Waals surface area contributed by atoms with Crippen LogP contribution in [0.5, 0.6) is 5.75 Å². The van der Waals surface area contributed by atoms with Crippen LogP contribution in [0.15, 0.2) is 54.4 Å². The predicted octanol–water partition coefficient (Wildman–Crippen LogP) is 2.56. The van der Waals surface area contributed by atoms with Gasteiger partial charge in [0.1, 0.15) is 5.75 Å². The number of halogens is 1. The van der Waals surface area contributed by atoms with Gasteiger partial charge in [-0.05, 0) is 42.3 Å². The molecule has 2 unspecified atom stereocenters. The number of nitrogens with one attached hydrogen (secondary N) is 2. The number of imide groups is 2. The molecule has 1 fully saturated rings. The van der Waals surface area contributed by atoms with Crippen molar-refractivity contribution < 1.29 is 23.9 Å². The molecule has 0 spiro atoms. The smallest absolute Gasteiger partial charge is 0.321 e. The Balaban J connectivity index is 1.81. The van der Waals surface area contributed by atoms with Crippen LogP contribution in [0.4, 0.5) is 10.5 Å². The molecule has 3 heterocycles. The van der Waals surface area contributed by atoms with E-state index in [2.05, 4.69) is 15.6 Å². The highest BCUT2D eigenvalue weighted by Gasteiger charge is 2.43. The second-order valence-corrected chi connectivity index (χ2v) is 8.05. The summed E-state index contributed by atoms with van der Waals surface area (Å²) in [6.45, 7) is 2.38. The van der Waals surface area contributed by atoms with E-state index in [-0.39, 0.29) is 17.8 Å². The van der Waals surface area contributed by atoms with Crippen molar-refractivity contribution in [3.05, 3.63) is 65.0 Å². The number of aromatic nitrogens is 1. The van der Waals surface area contributed by atoms with Gasteiger partial charge in [0.2, 0.25) is 11.8 Å². The lowest BCUT2D eigenvalue weighted by atomic mass is 9.85. The third-order valence-electron chi connectivity index (χ3n) is 5.31. The minimum absolute atomic E-state index is 0.0650. The summed E-state index contributed by atoms with van der Waals surface area (Å²) in [5.74, 6) is -3.15. The summed E-state index contributed by atoms with van der Waals surface area (Å²) in [7, 11) is 0. The number of benzene rings is 1. The lowest BCUT2D eigenvalue weighted by molar-refractivity contribution is -0.129. The average Bonchev–Trinajstić information content (AvgIpc) is 2.79. The van der Waals surface area contributed by atoms with E-state index in [0.29, 0.717) is 22.9 Å². The van der Waals surface area contributed by atoms with Gasteiger partial charge in [-0.15, -0.1) is 0 Å². The molecule has 0 aliphatic carbocycles. The number of carbonyl (C=O) groups is 4. The minimum atomic E-state index is -0.958. The minimum Gasteiger partial charge on any atom is -0.494 e. The molecule has 2 N–H and O–H groups in total. The molecule has 0 radical (unpaired) electrons. The highest BCUT2D eigenvalue weighted by Crippen LogP contribution is 2.36. The summed E-state index contributed by atoms with van der Waals surface area (Å²) < 4.78 is 5.69. The van der Waals surface area contributed by atoms with Crippen molar-refractivity contribution >= 4 is 41.0 Å². The molecule has 10 heteroatoms. The Labute approximate surface area is 194 Å². The third kappa shape index (κ3) is 4.58. The number of rotatable bonds is 6. The average molecular weight is 469 g/mol. The topological polar surface area (TPSA) is 118 Å². The Morgan fingerprint density at radius 3 is 2.73 bits per heavy atom. The van der Waals surface area contributed by atoms with E-state index in [1.165, 1.54) is 18.5 Å². The second-order valence-electron chi connectivity index (χ2n) is 7.61. The van der Waals surface area contributed by atoms with Crippen LogP contribution in [0.1, 0.15) is 24.8 Å². The molecule has 0 bridgehead atoms. The summed E-state index contributed by atoms with van der Waals surface area (Å²) >= 11 is 6.29. The molecule has 2 aliphatic rings. The zero-order valence-electron chi connectivity index (χ0n) is 17.7. The Morgan fingerprint density at radius 1 is 1.21 bits per heavy atom. The number of pyridine rings is 1. The molecule has 9 nitrogen and oxygen atoms in total. The maximum atomic E-state index is 13.5. The predicted molar refractivity (Wildman–Crippen MR) is 120 cm³/mol. The van der Waals surface area contributed by atoms with Crippen molar-refractivity contribution in [2.75, 3.05) is 18.1 Å². The van der Waals surface area contributed by atoms with Crippen molar-refractivity contribution in [3.63, 3.8) is 0 Å². The number of amides is 5. The summed E-state index contributed by atoms with van der Waals surface area (Å²) in [6.07, 6.45) is 5.18. The van der Waals surface area contributed by atoms with E-state index in [1.54, 1.807) is 30.3 Å². The summed E-state index contributed by atoms with van der Waals surface area (Å²) in [5, 5.41) is 5.06. The van der Waals surface area contributed by atoms with Gasteiger partial charge in [-0.2, -0.15) is 0 Å². The first-order chi connectivity index (χ1) is 15.9. The first-order valence-electron chi connectivity index (χ1n) is 10.4. The maximum Gasteiger partial charge on any atom is 0.321 e. The van der Waals surface area contributed by atoms with Crippen molar-refractivity contribution in [3.8, 4) is 5.75 Å². The largest absolute Gasteiger partial charge is 0.494 e. The fourth-order valence-electron chi connectivity index (χ4n) is 3.77. The molecule has 170 valence electrons. The van der Waals surface area contributed by atoms with Gasteiger partial charge in [0, 0.05) is 23.3 Å². The molecule has 4 rings (SSSR count). The van der Waals surface area contributed by atoms with Crippen LogP contribution in [-0.4, -0.2) is 41.9 Å². The number of hydrogen-bond donors (Lipinski definition) is 2. The SMILES string of the molecule is CCCOc1cc(Cl)cc(C2C=C(C3CNC(=O)NC3=O)C(=O)N(c3cccnc3)C2=O)c1. The number of nitrogens with zero attached hydrogens (tertiary/aromatic N) is 2. The van der Waals surface area contributed by atoms with Gasteiger partial charge in [0.05, 0.1) is 30.3 Å². The molecule has 1 aromatic heterocycles. The molecular formula is C23H21ClN4O5. The Hall–Kier alpha value is -3.72. The molecule has 2 aliphatic heterocycles. The fourth-order valence-corrected chi connectivity index (χ4v) is 4.01. The van der Waals surface area contributed by atoms with Gasteiger partial charge < -0.3 is 10.1 Å². The molecule has 2 atom stereocenters. The van der Waals surface area contributed by atoms with E-state index in [9.17, 15) is 19.2 Å². The zero-order valence-corrected chi connectivity index (χ0v) is 18.5. The van der Waals surface area contributed by atoms with Gasteiger partial charge >= 0.3 is 6.03 Å². The Kier molecular flexibility index (Phi) is 6.41. The van der Waals surface area contributed by atoms with Crippen LogP contribution >= 0.6 is 11.6 Å². The van der Waals surface area contributed by atoms with Gasteiger partial charge in [-0.25, -0.2) is 9.69 Å². The zero-order chi connectivity index (χ0) is 23.5. The molecule has 1 saturated heterocycles. The van der Waals surface area contributed by atoms with E-state index >= 15 is 0 Å². The molecule has 5 amide bonds. The summed E-state index contributed by atoms with van der Waals surface area (Å²) in [4.78, 5) is 55.9. The number of anilines is 1. The van der Waals surface area contributed by atoms with E-state index in [4.69, 9.17) is 16.3 Å². The fraction of sp³-hybridized carbons (Fsp3) is 0.261. The van der Waals surface area contributed by atoms with Crippen molar-refractivity contribution in [2.45, 2.75) is 19.3 Å². The van der Waals surface area contributed by atoms with Gasteiger partial charge in [-0.3, -0.25) is 24.7 Å². The van der Waals surface area contributed by atoms with Crippen LogP contribution < -0.4 is 20.3 Å². The van der Waals surface area contributed by atoms with Crippen LogP contribution in [-0.2, 0) is 14.4 Å². The lowest BCUT2D eigenvalue weighted by Crippen LogP contribution is -2.55. The first-order valence-corrected chi connectivity index (χ1v) is 10.8. The van der Waals surface area contributed by atoms with Gasteiger partial charge in [0.15, 0.2) is 0 Å². The van der Waals surface area contributed by atoms with Crippen LogP contribution in [0, 0.1) is 5.92 Å². The summed E-state index contributed by atoms with van der Waals surface area (Å²) in [5.41, 5.74) is 0.877. The normalized spacial score (nSPS) is 20.8. The lowest BCUT2D eigenvalue weighted by Gasteiger charge is -2.33. The quantitative estimate of drug-likeness (QED) is 0.629. The monoisotopic (exact) mass is 468 g/mol. The standard InChI is InChI=1S/C23H21ClN4O5/c1-2-6-33-16-8-13(7-14(24)9-16)17-10-18(19-12-26-23(32)27-20(19)29)22(31)28(21(17)30)15-4-3-5-25-11-15/h3-5,7-11,17,19H,2,6,12H2,1H3,(H2,26,27,29,32). The molecule has 0 saturated carbocycles. The molecular weight excluding hydrogens is 448 g/mol. The molecule has 33 heavy (non-hydrogen) atoms. The van der Waals surface area contributed by atoms with E-state index < -0.39 is 35.6 Å². The van der Waals surface area contributed by atoms with Gasteiger partial charge in [-0.1, -0.05) is 24.6 Å². The number of hydrogen-bond acceptors (Lipinski definition) is 6. The highest BCUT2D eigenvalue weighted by atomic mass is 35.5. The second kappa shape index (κ2) is 9.41. The van der Waals surface area contributed by atoms with Crippen molar-refractivity contribution in [1.29, 1.82) is 0 Å². The number of ether oxygens (including phenoxy) is 1. The first kappa shape index (κ1) is 22.5. The van der Waals surface area contributed by atoms with E-state index in [1.807, 2.05) is 6.92 Å². The number of carbonyl (C=O) groups excluding carboxylic acids is 4. The van der Waals surface area contributed by atoms with Crippen LogP contribution in [0.25, 0.3) is 0 Å². The van der Waals surface area contributed by atoms with Crippen molar-refractivity contribution in [2.24, 2.45) is 5.92 Å². The van der Waals surface area contributed by atoms with Crippen molar-refractivity contribution in [1.82, 2.24) is 15.6 Å².